The van der Waals surface area contributed by atoms with Crippen LogP contribution >= 0.6 is 34.5 Å². The molecule has 0 atom stereocenters. The zero-order valence-corrected chi connectivity index (χ0v) is 8.19. The summed E-state index contributed by atoms with van der Waals surface area (Å²) in [5.74, 6) is -1.92. The number of hydrogen-bond acceptors (Lipinski definition) is 1. The average molecular weight is 249 g/mol. The average Bonchev–Trinajstić information content (AvgIpc) is 2.06. The third-order valence-electron chi connectivity index (χ3n) is 0.735. The molecule has 0 radical (unpaired) electrons. The van der Waals surface area contributed by atoms with Crippen LogP contribution in [0.15, 0.2) is 6.07 Å². The van der Waals surface area contributed by atoms with E-state index in [1.165, 1.54) is 11.3 Å². The molecular formula is C5H4Cl2SSe. The van der Waals surface area contributed by atoms with Crippen LogP contribution in [0.2, 0.25) is 14.4 Å². The first-order chi connectivity index (χ1) is 5.38. The Hall–Kier alpha value is 0.799. The van der Waals surface area contributed by atoms with Crippen molar-refractivity contribution in [2.24, 2.45) is 0 Å². The van der Waals surface area contributed by atoms with Gasteiger partial charge in [0.05, 0.1) is 0 Å². The molecule has 0 nitrogen and oxygen atoms in total. The summed E-state index contributed by atoms with van der Waals surface area (Å²) in [5, 5.41) is 0. The number of hydrogen-bond donors (Lipinski definition) is 0. The van der Waals surface area contributed by atoms with E-state index in [1.807, 2.05) is 0 Å². The zero-order valence-electron chi connectivity index (χ0n) is 7.15. The molecule has 4 heteroatoms. The molecule has 50 valence electrons. The normalized spacial score (nSPS) is 16.4. The van der Waals surface area contributed by atoms with Crippen molar-refractivity contribution in [3.05, 3.63) is 14.7 Å². The van der Waals surface area contributed by atoms with Crippen LogP contribution in [0.4, 0.5) is 0 Å². The molecule has 0 fully saturated rings. The summed E-state index contributed by atoms with van der Waals surface area (Å²) in [4.78, 5) is 0. The van der Waals surface area contributed by atoms with E-state index < -0.39 is 20.7 Å². The van der Waals surface area contributed by atoms with E-state index in [2.05, 4.69) is 0 Å². The van der Waals surface area contributed by atoms with Crippen molar-refractivity contribution in [2.45, 2.75) is 5.75 Å². The quantitative estimate of drug-likeness (QED) is 0.670. The summed E-state index contributed by atoms with van der Waals surface area (Å²) in [6, 6.07) is 1.63. The van der Waals surface area contributed by atoms with Crippen LogP contribution in [0.25, 0.3) is 0 Å². The molecule has 1 heterocycles. The summed E-state index contributed by atoms with van der Waals surface area (Å²) in [6.07, 6.45) is 0. The van der Waals surface area contributed by atoms with Crippen molar-refractivity contribution in [3.8, 4) is 0 Å². The standard InChI is InChI=1S/C5H4Cl2SSe/c1-9-3-2-4(6)8-5(3)7/h2H,1H3/i1D3. The fourth-order valence-electron chi connectivity index (χ4n) is 0.395. The fourth-order valence-corrected chi connectivity index (χ4v) is 3.20. The van der Waals surface area contributed by atoms with Gasteiger partial charge in [-0.1, -0.05) is 0 Å². The molecule has 9 heavy (non-hydrogen) atoms. The van der Waals surface area contributed by atoms with Gasteiger partial charge in [-0.25, -0.2) is 0 Å². The van der Waals surface area contributed by atoms with Gasteiger partial charge in [-0.05, 0) is 0 Å². The van der Waals surface area contributed by atoms with Gasteiger partial charge in [-0.15, -0.1) is 0 Å². The van der Waals surface area contributed by atoms with Gasteiger partial charge in [-0.2, -0.15) is 0 Å². The van der Waals surface area contributed by atoms with Crippen molar-refractivity contribution in [1.82, 2.24) is 0 Å². The van der Waals surface area contributed by atoms with Gasteiger partial charge in [0, 0.05) is 0 Å². The van der Waals surface area contributed by atoms with Gasteiger partial charge in [0.1, 0.15) is 0 Å². The predicted molar refractivity (Wildman–Crippen MR) is 45.6 cm³/mol. The Morgan fingerprint density at radius 2 is 2.56 bits per heavy atom. The number of rotatable bonds is 1. The molecule has 1 aromatic rings. The minimum absolute atomic E-state index is 0.496. The molecule has 0 saturated carbocycles. The Morgan fingerprint density at radius 1 is 1.78 bits per heavy atom. The molecule has 0 aromatic carbocycles. The Bertz CT molecular complexity index is 283. The monoisotopic (exact) mass is 249 g/mol. The summed E-state index contributed by atoms with van der Waals surface area (Å²) in [7, 11) is 0. The molecule has 0 aliphatic rings. The molecule has 0 N–H and O–H groups in total. The number of halogens is 2. The van der Waals surface area contributed by atoms with Crippen LogP contribution < -0.4 is 4.46 Å². The minimum atomic E-state index is -1.92. The van der Waals surface area contributed by atoms with Gasteiger partial charge in [0.2, 0.25) is 0 Å². The van der Waals surface area contributed by atoms with Crippen LogP contribution in [-0.4, -0.2) is 15.0 Å². The second-order valence-electron chi connectivity index (χ2n) is 1.29. The van der Waals surface area contributed by atoms with E-state index in [1.54, 1.807) is 6.07 Å². The SMILES string of the molecule is [2H]C([2H])([2H])[Se]c1cc(Cl)sc1Cl. The Morgan fingerprint density at radius 3 is 3.00 bits per heavy atom. The Balaban J connectivity index is 2.82. The first kappa shape index (κ1) is 4.63. The van der Waals surface area contributed by atoms with Crippen molar-refractivity contribution in [3.63, 3.8) is 0 Å². The topological polar surface area (TPSA) is 0 Å². The predicted octanol–water partition coefficient (Wildman–Crippen LogP) is 2.43. The van der Waals surface area contributed by atoms with Crippen molar-refractivity contribution in [2.75, 3.05) is 0 Å². The summed E-state index contributed by atoms with van der Waals surface area (Å²) in [6.45, 7) is 0. The Kier molecular flexibility index (Phi) is 1.68. The molecule has 1 rings (SSSR count). The van der Waals surface area contributed by atoms with Gasteiger partial charge in [0.15, 0.2) is 0 Å². The first-order valence-corrected chi connectivity index (χ1v) is 5.31. The second kappa shape index (κ2) is 3.27. The molecule has 0 spiro atoms. The van der Waals surface area contributed by atoms with E-state index in [9.17, 15) is 0 Å². The van der Waals surface area contributed by atoms with Crippen LogP contribution in [0.1, 0.15) is 4.11 Å². The molecule has 0 amide bonds. The van der Waals surface area contributed by atoms with Crippen LogP contribution in [-0.2, 0) is 0 Å². The van der Waals surface area contributed by atoms with E-state index in [0.717, 1.165) is 0 Å². The molecule has 0 unspecified atom stereocenters. The van der Waals surface area contributed by atoms with Crippen molar-refractivity contribution < 1.29 is 4.11 Å². The summed E-state index contributed by atoms with van der Waals surface area (Å²) >= 11 is 12.0. The van der Waals surface area contributed by atoms with Crippen LogP contribution in [0, 0.1) is 0 Å². The molecular weight excluding hydrogens is 242 g/mol. The zero-order chi connectivity index (χ0) is 9.35. The van der Waals surface area contributed by atoms with Gasteiger partial charge < -0.3 is 0 Å². The number of thiophene rings is 1. The third kappa shape index (κ3) is 1.86. The van der Waals surface area contributed by atoms with E-state index >= 15 is 0 Å². The molecule has 0 bridgehead atoms. The van der Waals surface area contributed by atoms with E-state index in [0.29, 0.717) is 13.1 Å². The molecule has 0 aliphatic carbocycles. The maximum atomic E-state index is 7.04. The van der Waals surface area contributed by atoms with Gasteiger partial charge in [-0.3, -0.25) is 0 Å². The van der Waals surface area contributed by atoms with Gasteiger partial charge >= 0.3 is 78.6 Å². The van der Waals surface area contributed by atoms with E-state index in [4.69, 9.17) is 27.3 Å². The second-order valence-corrected chi connectivity index (χ2v) is 4.93. The summed E-state index contributed by atoms with van der Waals surface area (Å²) in [5.41, 5.74) is 0. The van der Waals surface area contributed by atoms with Crippen molar-refractivity contribution in [1.29, 1.82) is 0 Å². The van der Waals surface area contributed by atoms with E-state index in [-0.39, 0.29) is 0 Å². The molecule has 1 aromatic heterocycles. The molecule has 0 saturated heterocycles. The maximum absolute atomic E-state index is 7.04. The van der Waals surface area contributed by atoms with Crippen LogP contribution in [0.5, 0.6) is 0 Å². The first-order valence-electron chi connectivity index (χ1n) is 3.52. The van der Waals surface area contributed by atoms with Crippen molar-refractivity contribution >= 4 is 54.0 Å². The summed E-state index contributed by atoms with van der Waals surface area (Å²) < 4.78 is 22.8. The Labute approximate surface area is 78.5 Å². The van der Waals surface area contributed by atoms with Crippen LogP contribution in [0.3, 0.4) is 0 Å². The fraction of sp³-hybridized carbons (Fsp3) is 0.200. The third-order valence-corrected chi connectivity index (χ3v) is 3.91. The van der Waals surface area contributed by atoms with Gasteiger partial charge in [0.25, 0.3) is 0 Å². The molecule has 0 aliphatic heterocycles.